The van der Waals surface area contributed by atoms with Gasteiger partial charge in [-0.25, -0.2) is 0 Å². The van der Waals surface area contributed by atoms with Gasteiger partial charge in [0.2, 0.25) is 0 Å². The van der Waals surface area contributed by atoms with Crippen LogP contribution in [-0.2, 0) is 0 Å². The second kappa shape index (κ2) is 3.53. The van der Waals surface area contributed by atoms with Gasteiger partial charge in [-0.2, -0.15) is 0 Å². The second-order valence-electron chi connectivity index (χ2n) is 3.96. The van der Waals surface area contributed by atoms with Crippen molar-refractivity contribution < 1.29 is 4.74 Å². The Balaban J connectivity index is 2.25. The number of para-hydroxylation sites is 2. The van der Waals surface area contributed by atoms with E-state index in [9.17, 15) is 0 Å². The molecule has 0 N–H and O–H groups in total. The van der Waals surface area contributed by atoms with E-state index < -0.39 is 0 Å². The SMILES string of the molecule is CC1=Cc2ccccc2Oc2ccccc21. The van der Waals surface area contributed by atoms with Gasteiger partial charge in [0.25, 0.3) is 0 Å². The van der Waals surface area contributed by atoms with Crippen molar-refractivity contribution in [3.63, 3.8) is 0 Å². The molecular weight excluding hydrogens is 196 g/mol. The van der Waals surface area contributed by atoms with Crippen molar-refractivity contribution in [3.05, 3.63) is 59.7 Å². The van der Waals surface area contributed by atoms with E-state index in [2.05, 4.69) is 25.1 Å². The molecule has 3 rings (SSSR count). The summed E-state index contributed by atoms with van der Waals surface area (Å²) in [5.41, 5.74) is 3.54. The van der Waals surface area contributed by atoms with Crippen LogP contribution in [0.25, 0.3) is 11.6 Å². The molecular formula is C15H12O. The van der Waals surface area contributed by atoms with Gasteiger partial charge >= 0.3 is 0 Å². The number of rotatable bonds is 0. The first-order chi connectivity index (χ1) is 7.84. The molecule has 1 heteroatoms. The Morgan fingerprint density at radius 2 is 1.50 bits per heavy atom. The molecule has 0 aromatic heterocycles. The lowest BCUT2D eigenvalue weighted by atomic mass is 10.0. The molecule has 0 unspecified atom stereocenters. The Morgan fingerprint density at radius 3 is 2.38 bits per heavy atom. The van der Waals surface area contributed by atoms with Crippen LogP contribution in [0.2, 0.25) is 0 Å². The fourth-order valence-corrected chi connectivity index (χ4v) is 2.00. The Hall–Kier alpha value is -2.02. The predicted octanol–water partition coefficient (Wildman–Crippen LogP) is 4.35. The number of benzene rings is 2. The topological polar surface area (TPSA) is 9.23 Å². The minimum atomic E-state index is 0.923. The highest BCUT2D eigenvalue weighted by molar-refractivity contribution is 5.85. The van der Waals surface area contributed by atoms with E-state index in [4.69, 9.17) is 4.74 Å². The Morgan fingerprint density at radius 1 is 0.812 bits per heavy atom. The zero-order valence-corrected chi connectivity index (χ0v) is 9.10. The summed E-state index contributed by atoms with van der Waals surface area (Å²) in [4.78, 5) is 0. The first-order valence-electron chi connectivity index (χ1n) is 5.39. The van der Waals surface area contributed by atoms with E-state index >= 15 is 0 Å². The van der Waals surface area contributed by atoms with Crippen LogP contribution in [0.3, 0.4) is 0 Å². The van der Waals surface area contributed by atoms with E-state index in [1.54, 1.807) is 0 Å². The molecule has 0 atom stereocenters. The smallest absolute Gasteiger partial charge is 0.134 e. The molecule has 0 bridgehead atoms. The summed E-state index contributed by atoms with van der Waals surface area (Å²) in [6.07, 6.45) is 2.17. The first kappa shape index (κ1) is 9.22. The minimum Gasteiger partial charge on any atom is -0.456 e. The molecule has 0 spiro atoms. The van der Waals surface area contributed by atoms with Crippen molar-refractivity contribution in [2.45, 2.75) is 6.92 Å². The average Bonchev–Trinajstić information content (AvgIpc) is 2.45. The van der Waals surface area contributed by atoms with E-state index in [1.165, 1.54) is 11.1 Å². The standard InChI is InChI=1S/C15H12O/c1-11-10-12-6-2-4-8-14(12)16-15-9-5-3-7-13(11)15/h2-10H,1H3. The lowest BCUT2D eigenvalue weighted by Gasteiger charge is -2.08. The third-order valence-corrected chi connectivity index (χ3v) is 2.82. The summed E-state index contributed by atoms with van der Waals surface area (Å²) in [6.45, 7) is 2.12. The molecule has 16 heavy (non-hydrogen) atoms. The maximum atomic E-state index is 5.92. The molecule has 1 aliphatic heterocycles. The van der Waals surface area contributed by atoms with Gasteiger partial charge in [0.05, 0.1) is 0 Å². The molecule has 1 aliphatic rings. The number of ether oxygens (including phenoxy) is 1. The Labute approximate surface area is 95.0 Å². The number of fused-ring (bicyclic) bond motifs is 2. The van der Waals surface area contributed by atoms with Gasteiger partial charge < -0.3 is 4.74 Å². The van der Waals surface area contributed by atoms with Crippen molar-refractivity contribution >= 4 is 11.6 Å². The van der Waals surface area contributed by atoms with Crippen LogP contribution in [-0.4, -0.2) is 0 Å². The predicted molar refractivity (Wildman–Crippen MR) is 66.5 cm³/mol. The molecule has 1 heterocycles. The van der Waals surface area contributed by atoms with Gasteiger partial charge in [0.15, 0.2) is 0 Å². The molecule has 0 radical (unpaired) electrons. The van der Waals surface area contributed by atoms with Gasteiger partial charge in [-0.05, 0) is 30.7 Å². The quantitative estimate of drug-likeness (QED) is 0.625. The molecule has 1 nitrogen and oxygen atoms in total. The lowest BCUT2D eigenvalue weighted by Crippen LogP contribution is -1.87. The summed E-state index contributed by atoms with van der Waals surface area (Å²) in [5.74, 6) is 1.85. The largest absolute Gasteiger partial charge is 0.456 e. The van der Waals surface area contributed by atoms with E-state index in [0.29, 0.717) is 0 Å². The fourth-order valence-electron chi connectivity index (χ4n) is 2.00. The molecule has 2 aromatic carbocycles. The maximum Gasteiger partial charge on any atom is 0.134 e. The van der Waals surface area contributed by atoms with E-state index in [-0.39, 0.29) is 0 Å². The number of hydrogen-bond donors (Lipinski definition) is 0. The van der Waals surface area contributed by atoms with Crippen LogP contribution >= 0.6 is 0 Å². The summed E-state index contributed by atoms with van der Waals surface area (Å²) in [7, 11) is 0. The Bertz CT molecular complexity index is 567. The zero-order chi connectivity index (χ0) is 11.0. The van der Waals surface area contributed by atoms with E-state index in [0.717, 1.165) is 17.1 Å². The van der Waals surface area contributed by atoms with Crippen molar-refractivity contribution in [1.82, 2.24) is 0 Å². The van der Waals surface area contributed by atoms with E-state index in [1.807, 2.05) is 36.4 Å². The molecule has 0 saturated heterocycles. The van der Waals surface area contributed by atoms with Crippen molar-refractivity contribution in [2.24, 2.45) is 0 Å². The van der Waals surface area contributed by atoms with Gasteiger partial charge in [-0.3, -0.25) is 0 Å². The summed E-state index contributed by atoms with van der Waals surface area (Å²) < 4.78 is 5.92. The monoisotopic (exact) mass is 208 g/mol. The van der Waals surface area contributed by atoms with Gasteiger partial charge in [0, 0.05) is 11.1 Å². The van der Waals surface area contributed by atoms with Crippen LogP contribution < -0.4 is 4.74 Å². The third kappa shape index (κ3) is 1.41. The highest BCUT2D eigenvalue weighted by atomic mass is 16.5. The summed E-state index contributed by atoms with van der Waals surface area (Å²) in [6, 6.07) is 16.2. The molecule has 0 aliphatic carbocycles. The lowest BCUT2D eigenvalue weighted by molar-refractivity contribution is 0.481. The highest BCUT2D eigenvalue weighted by Gasteiger charge is 2.12. The summed E-state index contributed by atoms with van der Waals surface area (Å²) in [5, 5.41) is 0. The van der Waals surface area contributed by atoms with Crippen LogP contribution in [0, 0.1) is 0 Å². The maximum absolute atomic E-state index is 5.92. The van der Waals surface area contributed by atoms with Crippen LogP contribution in [0.5, 0.6) is 11.5 Å². The molecule has 0 fully saturated rings. The zero-order valence-electron chi connectivity index (χ0n) is 9.10. The van der Waals surface area contributed by atoms with Crippen LogP contribution in [0.15, 0.2) is 48.5 Å². The average molecular weight is 208 g/mol. The molecule has 78 valence electrons. The number of allylic oxidation sites excluding steroid dienone is 1. The van der Waals surface area contributed by atoms with Crippen LogP contribution in [0.4, 0.5) is 0 Å². The van der Waals surface area contributed by atoms with Crippen molar-refractivity contribution in [1.29, 1.82) is 0 Å². The summed E-state index contributed by atoms with van der Waals surface area (Å²) >= 11 is 0. The first-order valence-corrected chi connectivity index (χ1v) is 5.39. The minimum absolute atomic E-state index is 0.923. The third-order valence-electron chi connectivity index (χ3n) is 2.82. The highest BCUT2D eigenvalue weighted by Crippen LogP contribution is 2.37. The van der Waals surface area contributed by atoms with Crippen LogP contribution in [0.1, 0.15) is 18.1 Å². The Kier molecular flexibility index (Phi) is 2.03. The van der Waals surface area contributed by atoms with Crippen molar-refractivity contribution in [3.8, 4) is 11.5 Å². The van der Waals surface area contributed by atoms with Gasteiger partial charge in [-0.1, -0.05) is 36.4 Å². The molecule has 0 amide bonds. The van der Waals surface area contributed by atoms with Gasteiger partial charge in [0.1, 0.15) is 11.5 Å². The van der Waals surface area contributed by atoms with Gasteiger partial charge in [-0.15, -0.1) is 0 Å². The van der Waals surface area contributed by atoms with Crippen molar-refractivity contribution in [2.75, 3.05) is 0 Å². The number of hydrogen-bond acceptors (Lipinski definition) is 1. The second-order valence-corrected chi connectivity index (χ2v) is 3.96. The fraction of sp³-hybridized carbons (Fsp3) is 0.0667. The normalized spacial score (nSPS) is 12.9. The molecule has 2 aromatic rings. The molecule has 0 saturated carbocycles.